The van der Waals surface area contributed by atoms with Crippen LogP contribution in [0.3, 0.4) is 0 Å². The van der Waals surface area contributed by atoms with Gasteiger partial charge in [-0.15, -0.1) is 0 Å². The molecule has 1 aliphatic carbocycles. The van der Waals surface area contributed by atoms with Crippen molar-refractivity contribution < 1.29 is 13.2 Å². The molecule has 9 heteroatoms. The van der Waals surface area contributed by atoms with E-state index in [1.54, 1.807) is 0 Å². The Bertz CT molecular complexity index is 1180. The molecule has 2 N–H and O–H groups in total. The van der Waals surface area contributed by atoms with Gasteiger partial charge in [-0.25, -0.2) is 8.42 Å². The van der Waals surface area contributed by atoms with Gasteiger partial charge in [-0.2, -0.15) is 15.2 Å². The molecule has 1 saturated heterocycles. The Hall–Kier alpha value is -2.62. The first kappa shape index (κ1) is 22.6. The predicted octanol–water partition coefficient (Wildman–Crippen LogP) is 3.32. The molecule has 4 rings (SSSR count). The number of nitrogens with one attached hydrogen (secondary N) is 2. The van der Waals surface area contributed by atoms with Crippen LogP contribution in [0.1, 0.15) is 36.3 Å². The molecule has 1 aliphatic heterocycles. The van der Waals surface area contributed by atoms with Gasteiger partial charge in [0.1, 0.15) is 17.4 Å². The number of benzene rings is 2. The average molecular weight is 471 g/mol. The lowest BCUT2D eigenvalue weighted by atomic mass is 9.81. The summed E-state index contributed by atoms with van der Waals surface area (Å²) in [6.45, 7) is 2.08. The first-order valence-electron chi connectivity index (χ1n) is 10.4. The van der Waals surface area contributed by atoms with E-state index in [-0.39, 0.29) is 16.4 Å². The van der Waals surface area contributed by atoms with Crippen LogP contribution in [0, 0.1) is 28.6 Å². The minimum atomic E-state index is -3.90. The van der Waals surface area contributed by atoms with Crippen LogP contribution in [-0.4, -0.2) is 33.7 Å². The van der Waals surface area contributed by atoms with E-state index in [2.05, 4.69) is 10.0 Å². The SMILES string of the molecule is N#Cc1cc(S(=O)(=O)NC2(C#N)CC2)ccc1OCC1CNCCC1c1ccc(Cl)cc1. The standard InChI is InChI=1S/C23H23ClN4O3S/c24-19-3-1-16(2-4-19)21-7-10-27-13-18(21)14-31-22-6-5-20(11-17(22)12-25)32(29,30)28-23(15-26)8-9-23/h1-6,11,18,21,27-28H,7-10,13-14H2. The van der Waals surface area contributed by atoms with Crippen LogP contribution in [0.5, 0.6) is 5.75 Å². The van der Waals surface area contributed by atoms with Crippen LogP contribution in [0.15, 0.2) is 47.4 Å². The molecule has 0 amide bonds. The highest BCUT2D eigenvalue weighted by molar-refractivity contribution is 7.89. The van der Waals surface area contributed by atoms with E-state index in [1.165, 1.54) is 23.8 Å². The minimum Gasteiger partial charge on any atom is -0.492 e. The van der Waals surface area contributed by atoms with Crippen molar-refractivity contribution in [1.82, 2.24) is 10.0 Å². The van der Waals surface area contributed by atoms with Gasteiger partial charge in [0.05, 0.1) is 23.1 Å². The fourth-order valence-corrected chi connectivity index (χ4v) is 5.54. The number of sulfonamides is 1. The Balaban J connectivity index is 1.48. The van der Waals surface area contributed by atoms with Gasteiger partial charge in [0.15, 0.2) is 0 Å². The monoisotopic (exact) mass is 470 g/mol. The molecule has 166 valence electrons. The maximum absolute atomic E-state index is 12.6. The van der Waals surface area contributed by atoms with Gasteiger partial charge in [0, 0.05) is 17.5 Å². The summed E-state index contributed by atoms with van der Waals surface area (Å²) in [6.07, 6.45) is 1.93. The largest absolute Gasteiger partial charge is 0.492 e. The zero-order valence-electron chi connectivity index (χ0n) is 17.3. The number of rotatable bonds is 7. The Labute approximate surface area is 193 Å². The lowest BCUT2D eigenvalue weighted by Gasteiger charge is -2.32. The first-order valence-corrected chi connectivity index (χ1v) is 12.3. The molecule has 1 heterocycles. The number of nitrogens with zero attached hydrogens (tertiary/aromatic N) is 2. The lowest BCUT2D eigenvalue weighted by Crippen LogP contribution is -2.38. The van der Waals surface area contributed by atoms with Crippen molar-refractivity contribution in [1.29, 1.82) is 10.5 Å². The highest BCUT2D eigenvalue weighted by Gasteiger charge is 2.46. The fourth-order valence-electron chi connectivity index (χ4n) is 4.01. The molecule has 1 saturated carbocycles. The summed E-state index contributed by atoms with van der Waals surface area (Å²) in [6, 6.07) is 16.1. The topological polar surface area (TPSA) is 115 Å². The number of ether oxygens (including phenoxy) is 1. The van der Waals surface area contributed by atoms with Gasteiger partial charge >= 0.3 is 0 Å². The Morgan fingerprint density at radius 3 is 2.59 bits per heavy atom. The quantitative estimate of drug-likeness (QED) is 0.641. The zero-order chi connectivity index (χ0) is 22.8. The van der Waals surface area contributed by atoms with Gasteiger partial charge in [-0.05, 0) is 67.6 Å². The third kappa shape index (κ3) is 4.90. The van der Waals surface area contributed by atoms with E-state index < -0.39 is 15.6 Å². The molecule has 7 nitrogen and oxygen atoms in total. The van der Waals surface area contributed by atoms with Crippen LogP contribution < -0.4 is 14.8 Å². The molecule has 2 fully saturated rings. The summed E-state index contributed by atoms with van der Waals surface area (Å²) in [4.78, 5) is -0.0544. The van der Waals surface area contributed by atoms with Crippen LogP contribution in [0.2, 0.25) is 5.02 Å². The number of piperidine rings is 1. The lowest BCUT2D eigenvalue weighted by molar-refractivity contribution is 0.196. The van der Waals surface area contributed by atoms with Crippen LogP contribution in [0.25, 0.3) is 0 Å². The van der Waals surface area contributed by atoms with Gasteiger partial charge in [-0.1, -0.05) is 23.7 Å². The van der Waals surface area contributed by atoms with Crippen molar-refractivity contribution in [3.63, 3.8) is 0 Å². The van der Waals surface area contributed by atoms with Crippen molar-refractivity contribution in [2.24, 2.45) is 5.92 Å². The molecule has 2 aliphatic rings. The van der Waals surface area contributed by atoms with Gasteiger partial charge in [-0.3, -0.25) is 0 Å². The second-order valence-electron chi connectivity index (χ2n) is 8.29. The van der Waals surface area contributed by atoms with E-state index in [9.17, 15) is 13.7 Å². The molecular formula is C23H23ClN4O3S. The molecule has 32 heavy (non-hydrogen) atoms. The molecule has 2 aromatic carbocycles. The summed E-state index contributed by atoms with van der Waals surface area (Å²) >= 11 is 6.02. The minimum absolute atomic E-state index is 0.0544. The predicted molar refractivity (Wildman–Crippen MR) is 120 cm³/mol. The van der Waals surface area contributed by atoms with Gasteiger partial charge in [0.25, 0.3) is 0 Å². The van der Waals surface area contributed by atoms with Crippen molar-refractivity contribution in [3.05, 3.63) is 58.6 Å². The summed E-state index contributed by atoms with van der Waals surface area (Å²) in [5.41, 5.74) is 0.316. The summed E-state index contributed by atoms with van der Waals surface area (Å²) in [5.74, 6) is 0.823. The molecule has 0 spiro atoms. The molecule has 0 radical (unpaired) electrons. The number of nitriles is 2. The molecule has 2 atom stereocenters. The number of halogens is 1. The molecule has 0 bridgehead atoms. The van der Waals surface area contributed by atoms with Crippen LogP contribution in [-0.2, 0) is 10.0 Å². The number of hydrogen-bond donors (Lipinski definition) is 2. The molecule has 0 aromatic heterocycles. The molecule has 2 unspecified atom stereocenters. The Morgan fingerprint density at radius 1 is 1.19 bits per heavy atom. The molecular weight excluding hydrogens is 448 g/mol. The van der Waals surface area contributed by atoms with Crippen molar-refractivity contribution in [2.45, 2.75) is 35.6 Å². The average Bonchev–Trinajstić information content (AvgIpc) is 3.57. The second kappa shape index (κ2) is 9.09. The third-order valence-corrected chi connectivity index (χ3v) is 7.82. The smallest absolute Gasteiger partial charge is 0.241 e. The van der Waals surface area contributed by atoms with Crippen LogP contribution >= 0.6 is 11.6 Å². The van der Waals surface area contributed by atoms with Crippen molar-refractivity contribution in [3.8, 4) is 17.9 Å². The number of hydrogen-bond acceptors (Lipinski definition) is 6. The van der Waals surface area contributed by atoms with E-state index >= 15 is 0 Å². The van der Waals surface area contributed by atoms with Crippen molar-refractivity contribution >= 4 is 21.6 Å². The van der Waals surface area contributed by atoms with E-state index in [0.717, 1.165) is 19.5 Å². The fraction of sp³-hybridized carbons (Fsp3) is 0.391. The zero-order valence-corrected chi connectivity index (χ0v) is 18.9. The summed E-state index contributed by atoms with van der Waals surface area (Å²) < 4.78 is 33.7. The Morgan fingerprint density at radius 2 is 1.94 bits per heavy atom. The van der Waals surface area contributed by atoms with E-state index in [1.807, 2.05) is 36.4 Å². The van der Waals surface area contributed by atoms with Crippen LogP contribution in [0.4, 0.5) is 0 Å². The highest BCUT2D eigenvalue weighted by Crippen LogP contribution is 2.36. The maximum atomic E-state index is 12.6. The summed E-state index contributed by atoms with van der Waals surface area (Å²) in [7, 11) is -3.90. The highest BCUT2D eigenvalue weighted by atomic mass is 35.5. The van der Waals surface area contributed by atoms with Crippen molar-refractivity contribution in [2.75, 3.05) is 19.7 Å². The maximum Gasteiger partial charge on any atom is 0.241 e. The Kier molecular flexibility index (Phi) is 6.41. The first-order chi connectivity index (χ1) is 15.4. The van der Waals surface area contributed by atoms with Gasteiger partial charge < -0.3 is 10.1 Å². The van der Waals surface area contributed by atoms with E-state index in [0.29, 0.717) is 36.1 Å². The molecule has 2 aromatic rings. The third-order valence-electron chi connectivity index (χ3n) is 6.03. The second-order valence-corrected chi connectivity index (χ2v) is 10.4. The summed E-state index contributed by atoms with van der Waals surface area (Å²) in [5, 5.41) is 22.8. The van der Waals surface area contributed by atoms with E-state index in [4.69, 9.17) is 21.6 Å². The normalized spacial score (nSPS) is 21.8. The van der Waals surface area contributed by atoms with Gasteiger partial charge in [0.2, 0.25) is 10.0 Å².